The zero-order valence-electron chi connectivity index (χ0n) is 39.4. The van der Waals surface area contributed by atoms with Crippen molar-refractivity contribution < 1.29 is 39.8 Å². The molecule has 0 radical (unpaired) electrons. The van der Waals surface area contributed by atoms with E-state index in [1.807, 2.05) is 6.08 Å². The van der Waals surface area contributed by atoms with E-state index >= 15 is 0 Å². The van der Waals surface area contributed by atoms with E-state index in [1.54, 1.807) is 6.08 Å². The first kappa shape index (κ1) is 57.4. The molecule has 1 rings (SSSR count). The second-order valence-electron chi connectivity index (χ2n) is 18.0. The molecule has 0 aliphatic carbocycles. The van der Waals surface area contributed by atoms with E-state index in [4.69, 9.17) is 9.47 Å². The fourth-order valence-electron chi connectivity index (χ4n) is 8.07. The Bertz CT molecular complexity index is 1050. The van der Waals surface area contributed by atoms with Crippen molar-refractivity contribution in [2.45, 2.75) is 275 Å². The van der Waals surface area contributed by atoms with Gasteiger partial charge < -0.3 is 40.3 Å². The van der Waals surface area contributed by atoms with Crippen LogP contribution in [0.2, 0.25) is 0 Å². The summed E-state index contributed by atoms with van der Waals surface area (Å²) in [4.78, 5) is 13.0. The molecule has 7 unspecified atom stereocenters. The molecule has 0 saturated carbocycles. The highest BCUT2D eigenvalue weighted by molar-refractivity contribution is 5.76. The summed E-state index contributed by atoms with van der Waals surface area (Å²) in [5, 5.41) is 54.3. The smallest absolute Gasteiger partial charge is 0.220 e. The van der Waals surface area contributed by atoms with Crippen LogP contribution in [0, 0.1) is 0 Å². The van der Waals surface area contributed by atoms with Gasteiger partial charge in [-0.3, -0.25) is 4.79 Å². The van der Waals surface area contributed by atoms with Crippen LogP contribution < -0.4 is 5.32 Å². The van der Waals surface area contributed by atoms with Crippen LogP contribution >= 0.6 is 0 Å². The quantitative estimate of drug-likeness (QED) is 0.0262. The first-order valence-corrected chi connectivity index (χ1v) is 25.7. The number of rotatable bonds is 43. The predicted molar refractivity (Wildman–Crippen MR) is 253 cm³/mol. The van der Waals surface area contributed by atoms with E-state index in [2.05, 4.69) is 43.5 Å². The first-order valence-electron chi connectivity index (χ1n) is 25.7. The van der Waals surface area contributed by atoms with Crippen LogP contribution in [0.5, 0.6) is 0 Å². The molecule has 9 nitrogen and oxygen atoms in total. The molecule has 6 N–H and O–H groups in total. The Morgan fingerprint density at radius 3 is 1.38 bits per heavy atom. The average Bonchev–Trinajstić information content (AvgIpc) is 3.26. The maximum Gasteiger partial charge on any atom is 0.220 e. The van der Waals surface area contributed by atoms with Gasteiger partial charge in [-0.25, -0.2) is 0 Å². The summed E-state index contributed by atoms with van der Waals surface area (Å²) in [6.07, 6.45) is 46.3. The van der Waals surface area contributed by atoms with Crippen LogP contribution in [0.15, 0.2) is 36.5 Å². The summed E-state index contributed by atoms with van der Waals surface area (Å²) in [6, 6.07) is -0.824. The van der Waals surface area contributed by atoms with Crippen LogP contribution in [0.25, 0.3) is 0 Å². The van der Waals surface area contributed by atoms with E-state index in [0.29, 0.717) is 6.42 Å². The Hall–Kier alpha value is -1.59. The summed E-state index contributed by atoms with van der Waals surface area (Å²) in [6.45, 7) is 3.76. The van der Waals surface area contributed by atoms with Crippen LogP contribution in [0.4, 0.5) is 0 Å². The molecule has 358 valence electrons. The Morgan fingerprint density at radius 1 is 0.541 bits per heavy atom. The highest BCUT2D eigenvalue weighted by Gasteiger charge is 2.44. The summed E-state index contributed by atoms with van der Waals surface area (Å²) >= 11 is 0. The molecule has 9 heteroatoms. The van der Waals surface area contributed by atoms with Gasteiger partial charge in [0.1, 0.15) is 24.4 Å². The predicted octanol–water partition coefficient (Wildman–Crippen LogP) is 11.6. The van der Waals surface area contributed by atoms with Gasteiger partial charge in [0.2, 0.25) is 5.91 Å². The lowest BCUT2D eigenvalue weighted by Gasteiger charge is -2.40. The fourth-order valence-corrected chi connectivity index (χ4v) is 8.07. The molecule has 1 heterocycles. The number of carbonyl (C=O) groups excluding carboxylic acids is 1. The second-order valence-corrected chi connectivity index (χ2v) is 18.0. The van der Waals surface area contributed by atoms with E-state index in [9.17, 15) is 30.3 Å². The van der Waals surface area contributed by atoms with Crippen molar-refractivity contribution in [2.24, 2.45) is 0 Å². The highest BCUT2D eigenvalue weighted by atomic mass is 16.7. The molecule has 0 aromatic heterocycles. The van der Waals surface area contributed by atoms with Gasteiger partial charge in [0.15, 0.2) is 6.29 Å². The van der Waals surface area contributed by atoms with E-state index in [1.165, 1.54) is 167 Å². The Labute approximate surface area is 374 Å². The van der Waals surface area contributed by atoms with Crippen molar-refractivity contribution in [1.29, 1.82) is 0 Å². The summed E-state index contributed by atoms with van der Waals surface area (Å²) < 4.78 is 11.2. The highest BCUT2D eigenvalue weighted by Crippen LogP contribution is 2.23. The zero-order valence-corrected chi connectivity index (χ0v) is 39.4. The van der Waals surface area contributed by atoms with Gasteiger partial charge in [0.25, 0.3) is 0 Å². The molecule has 0 aromatic carbocycles. The maximum atomic E-state index is 13.0. The van der Waals surface area contributed by atoms with Crippen LogP contribution in [0.3, 0.4) is 0 Å². The monoisotopic (exact) mass is 864 g/mol. The maximum absolute atomic E-state index is 13.0. The van der Waals surface area contributed by atoms with Gasteiger partial charge in [0.05, 0.1) is 25.4 Å². The third-order valence-corrected chi connectivity index (χ3v) is 12.2. The number of hydrogen-bond acceptors (Lipinski definition) is 8. The van der Waals surface area contributed by atoms with Crippen molar-refractivity contribution >= 4 is 5.91 Å². The molecule has 1 saturated heterocycles. The topological polar surface area (TPSA) is 149 Å². The molecule has 0 bridgehead atoms. The summed E-state index contributed by atoms with van der Waals surface area (Å²) in [7, 11) is 0. The zero-order chi connectivity index (χ0) is 44.4. The first-order chi connectivity index (χ1) is 29.8. The van der Waals surface area contributed by atoms with Gasteiger partial charge in [-0.2, -0.15) is 0 Å². The van der Waals surface area contributed by atoms with Crippen molar-refractivity contribution in [3.05, 3.63) is 36.5 Å². The summed E-state index contributed by atoms with van der Waals surface area (Å²) in [5.41, 5.74) is 0. The second kappa shape index (κ2) is 42.4. The lowest BCUT2D eigenvalue weighted by molar-refractivity contribution is -0.302. The summed E-state index contributed by atoms with van der Waals surface area (Å²) in [5.74, 6) is -0.189. The molecule has 1 aliphatic rings. The third-order valence-electron chi connectivity index (χ3n) is 12.2. The molecule has 1 aliphatic heterocycles. The van der Waals surface area contributed by atoms with Crippen molar-refractivity contribution in [1.82, 2.24) is 5.32 Å². The lowest BCUT2D eigenvalue weighted by atomic mass is 9.99. The number of nitrogens with one attached hydrogen (secondary N) is 1. The minimum Gasteiger partial charge on any atom is -0.394 e. The number of ether oxygens (including phenoxy) is 2. The number of hydrogen-bond donors (Lipinski definition) is 6. The normalized spacial score (nSPS) is 20.7. The molecular formula is C52H97NO8. The molecular weight excluding hydrogens is 767 g/mol. The van der Waals surface area contributed by atoms with E-state index in [0.717, 1.165) is 44.9 Å². The molecule has 7 atom stereocenters. The van der Waals surface area contributed by atoms with Crippen molar-refractivity contribution in [3.63, 3.8) is 0 Å². The minimum atomic E-state index is -1.57. The molecule has 1 amide bonds. The number of allylic oxidation sites excluding steroid dienone is 5. The largest absolute Gasteiger partial charge is 0.394 e. The minimum absolute atomic E-state index is 0.189. The number of unbranched alkanes of at least 4 members (excludes halogenated alkanes) is 29. The molecule has 0 aromatic rings. The number of amides is 1. The van der Waals surface area contributed by atoms with Crippen molar-refractivity contribution in [2.75, 3.05) is 13.2 Å². The van der Waals surface area contributed by atoms with Gasteiger partial charge >= 0.3 is 0 Å². The number of aliphatic hydroxyl groups is 5. The SMILES string of the molecule is CCCCCCCCCCCCCCCC/C=C/CC/C=C/CC/C=C/C(O)C(COC1OC(CO)C(O)C(O)C1O)NC(=O)CCCCCCCCCCCCCCCC. The lowest BCUT2D eigenvalue weighted by Crippen LogP contribution is -2.60. The molecule has 0 spiro atoms. The molecule has 1 fully saturated rings. The standard InChI is InChI=1S/C52H97NO8/c1-3-5-7-9-11-13-15-17-19-20-21-22-23-24-25-26-27-28-29-31-33-35-37-39-41-46(55)45(44-60-52-51(59)50(58)49(57)47(43-54)61-52)53-48(56)42-40-38-36-34-32-30-18-16-14-12-10-8-6-4-2/h26-27,31,33,39,41,45-47,49-52,54-55,57-59H,3-25,28-30,32,34-38,40,42-44H2,1-2H3,(H,53,56)/b27-26+,33-31+,41-39+. The van der Waals surface area contributed by atoms with E-state index in [-0.39, 0.29) is 12.5 Å². The van der Waals surface area contributed by atoms with Crippen molar-refractivity contribution in [3.8, 4) is 0 Å². The van der Waals surface area contributed by atoms with Gasteiger partial charge in [-0.05, 0) is 44.9 Å². The third kappa shape index (κ3) is 32.7. The average molecular weight is 864 g/mol. The van der Waals surface area contributed by atoms with Gasteiger partial charge in [-0.15, -0.1) is 0 Å². The number of carbonyl (C=O) groups is 1. The van der Waals surface area contributed by atoms with Crippen LogP contribution in [-0.2, 0) is 14.3 Å². The van der Waals surface area contributed by atoms with Gasteiger partial charge in [0, 0.05) is 6.42 Å². The van der Waals surface area contributed by atoms with E-state index < -0.39 is 49.5 Å². The fraction of sp³-hybridized carbons (Fsp3) is 0.865. The van der Waals surface area contributed by atoms with Crippen LogP contribution in [0.1, 0.15) is 232 Å². The molecule has 61 heavy (non-hydrogen) atoms. The van der Waals surface area contributed by atoms with Crippen LogP contribution in [-0.4, -0.2) is 87.5 Å². The Morgan fingerprint density at radius 2 is 0.934 bits per heavy atom. The Kier molecular flexibility index (Phi) is 39.9. The Balaban J connectivity index is 2.31. The van der Waals surface area contributed by atoms with Gasteiger partial charge in [-0.1, -0.05) is 217 Å². The number of aliphatic hydroxyl groups excluding tert-OH is 5.